The monoisotopic (exact) mass is 318 g/mol. The highest BCUT2D eigenvalue weighted by molar-refractivity contribution is 7.07. The Bertz CT molecular complexity index is 612. The molecule has 0 fully saturated rings. The van der Waals surface area contributed by atoms with Crippen LogP contribution < -0.4 is 10.2 Å². The van der Waals surface area contributed by atoms with E-state index in [2.05, 4.69) is 10.3 Å². The minimum absolute atomic E-state index is 0.0877. The molecule has 3 N–H and O–H groups in total. The topological polar surface area (TPSA) is 65.1 Å². The van der Waals surface area contributed by atoms with Gasteiger partial charge in [0, 0.05) is 39.8 Å². The van der Waals surface area contributed by atoms with Gasteiger partial charge in [-0.2, -0.15) is 0 Å². The number of H-pyrrole nitrogens is 1. The van der Waals surface area contributed by atoms with Crippen molar-refractivity contribution in [2.24, 2.45) is 0 Å². The number of hydrogen-bond acceptors (Lipinski definition) is 4. The molecule has 7 heteroatoms. The molecule has 0 aliphatic carbocycles. The summed E-state index contributed by atoms with van der Waals surface area (Å²) in [5.74, 6) is 0. The van der Waals surface area contributed by atoms with Crippen LogP contribution in [0.25, 0.3) is 0 Å². The molecule has 19 heavy (non-hydrogen) atoms. The van der Waals surface area contributed by atoms with E-state index < -0.39 is 6.10 Å². The number of thiazole rings is 1. The second-order valence-corrected chi connectivity index (χ2v) is 5.67. The third-order valence-electron chi connectivity index (χ3n) is 2.54. The van der Waals surface area contributed by atoms with E-state index in [1.165, 1.54) is 0 Å². The highest BCUT2D eigenvalue weighted by Crippen LogP contribution is 2.25. The van der Waals surface area contributed by atoms with Crippen molar-refractivity contribution in [3.63, 3.8) is 0 Å². The van der Waals surface area contributed by atoms with Gasteiger partial charge in [0.15, 0.2) is 0 Å². The van der Waals surface area contributed by atoms with E-state index in [-0.39, 0.29) is 4.87 Å². The van der Waals surface area contributed by atoms with Gasteiger partial charge in [-0.25, -0.2) is 0 Å². The molecule has 0 radical (unpaired) electrons. The van der Waals surface area contributed by atoms with E-state index >= 15 is 0 Å². The zero-order chi connectivity index (χ0) is 13.8. The Morgan fingerprint density at radius 2 is 2.21 bits per heavy atom. The molecule has 0 aliphatic heterocycles. The summed E-state index contributed by atoms with van der Waals surface area (Å²) in [6, 6.07) is 4.96. The van der Waals surface area contributed by atoms with Crippen LogP contribution in [0.5, 0.6) is 0 Å². The highest BCUT2D eigenvalue weighted by Gasteiger charge is 2.12. The first kappa shape index (κ1) is 14.6. The zero-order valence-electron chi connectivity index (χ0n) is 9.82. The normalized spacial score (nSPS) is 12.6. The van der Waals surface area contributed by atoms with E-state index in [1.54, 1.807) is 23.6 Å². The molecule has 0 amide bonds. The third kappa shape index (κ3) is 4.06. The average molecular weight is 319 g/mol. The van der Waals surface area contributed by atoms with Gasteiger partial charge in [-0.3, -0.25) is 4.79 Å². The molecule has 0 saturated carbocycles. The number of nitrogens with one attached hydrogen (secondary N) is 2. The lowest BCUT2D eigenvalue weighted by atomic mass is 10.1. The Morgan fingerprint density at radius 1 is 1.42 bits per heavy atom. The molecule has 1 unspecified atom stereocenters. The molecule has 2 rings (SSSR count). The maximum Gasteiger partial charge on any atom is 0.304 e. The zero-order valence-corrected chi connectivity index (χ0v) is 12.1. The number of hydrogen-bond donors (Lipinski definition) is 3. The first-order chi connectivity index (χ1) is 9.06. The number of aromatic amines is 1. The summed E-state index contributed by atoms with van der Waals surface area (Å²) in [7, 11) is 0. The number of aliphatic hydroxyl groups is 1. The number of benzene rings is 1. The van der Waals surface area contributed by atoms with Crippen LogP contribution in [-0.4, -0.2) is 16.6 Å². The van der Waals surface area contributed by atoms with Gasteiger partial charge in [-0.05, 0) is 18.2 Å². The van der Waals surface area contributed by atoms with E-state index in [4.69, 9.17) is 23.2 Å². The van der Waals surface area contributed by atoms with Gasteiger partial charge in [0.1, 0.15) is 0 Å². The van der Waals surface area contributed by atoms with Crippen molar-refractivity contribution in [1.29, 1.82) is 0 Å². The van der Waals surface area contributed by atoms with Crippen LogP contribution in [0.2, 0.25) is 10.0 Å². The van der Waals surface area contributed by atoms with Gasteiger partial charge in [0.05, 0.1) is 6.10 Å². The van der Waals surface area contributed by atoms with Crippen LogP contribution in [0, 0.1) is 0 Å². The summed E-state index contributed by atoms with van der Waals surface area (Å²) in [6.07, 6.45) is -0.753. The Hall–Kier alpha value is -0.850. The molecule has 0 bridgehead atoms. The Balaban J connectivity index is 1.92. The lowest BCUT2D eigenvalue weighted by molar-refractivity contribution is 0.174. The molecule has 4 nitrogen and oxygen atoms in total. The van der Waals surface area contributed by atoms with Crippen LogP contribution in [0.1, 0.15) is 17.4 Å². The number of aliphatic hydroxyl groups excluding tert-OH is 1. The molecule has 1 atom stereocenters. The van der Waals surface area contributed by atoms with Gasteiger partial charge in [0.2, 0.25) is 0 Å². The predicted molar refractivity (Wildman–Crippen MR) is 78.1 cm³/mol. The summed E-state index contributed by atoms with van der Waals surface area (Å²) in [5, 5.41) is 15.8. The maximum atomic E-state index is 10.9. The Kier molecular flexibility index (Phi) is 5.01. The maximum absolute atomic E-state index is 10.9. The SMILES string of the molecule is O=c1[nH]c(CNCC(O)c2cc(Cl)ccc2Cl)cs1. The lowest BCUT2D eigenvalue weighted by Gasteiger charge is -2.13. The molecule has 1 aromatic heterocycles. The number of rotatable bonds is 5. The van der Waals surface area contributed by atoms with Gasteiger partial charge in [-0.1, -0.05) is 34.5 Å². The van der Waals surface area contributed by atoms with Gasteiger partial charge >= 0.3 is 4.87 Å². The number of halogens is 2. The van der Waals surface area contributed by atoms with Crippen molar-refractivity contribution in [2.45, 2.75) is 12.6 Å². The third-order valence-corrected chi connectivity index (χ3v) is 3.84. The highest BCUT2D eigenvalue weighted by atomic mass is 35.5. The van der Waals surface area contributed by atoms with Crippen LogP contribution >= 0.6 is 34.5 Å². The van der Waals surface area contributed by atoms with Crippen molar-refractivity contribution >= 4 is 34.5 Å². The fourth-order valence-corrected chi connectivity index (χ4v) is 2.63. The summed E-state index contributed by atoms with van der Waals surface area (Å²) in [5.41, 5.74) is 1.37. The first-order valence-corrected chi connectivity index (χ1v) is 7.20. The second-order valence-electron chi connectivity index (χ2n) is 3.99. The molecule has 2 aromatic rings. The first-order valence-electron chi connectivity index (χ1n) is 5.56. The van der Waals surface area contributed by atoms with Crippen molar-refractivity contribution in [3.05, 3.63) is 54.5 Å². The standard InChI is InChI=1S/C12H12Cl2N2O2S/c13-7-1-2-10(14)9(3-7)11(17)5-15-4-8-6-19-12(18)16-8/h1-3,6,11,15,17H,4-5H2,(H,16,18). The molecular formula is C12H12Cl2N2O2S. The van der Waals surface area contributed by atoms with Crippen LogP contribution in [-0.2, 0) is 6.54 Å². The number of aromatic nitrogens is 1. The molecule has 1 heterocycles. The minimum Gasteiger partial charge on any atom is -0.387 e. The van der Waals surface area contributed by atoms with Gasteiger partial charge < -0.3 is 15.4 Å². The molecule has 0 saturated heterocycles. The van der Waals surface area contributed by atoms with E-state index in [0.717, 1.165) is 17.0 Å². The summed E-state index contributed by atoms with van der Waals surface area (Å²) in [4.78, 5) is 13.5. The molecule has 102 valence electrons. The second kappa shape index (κ2) is 6.54. The molecular weight excluding hydrogens is 307 g/mol. The van der Waals surface area contributed by atoms with Crippen LogP contribution in [0.3, 0.4) is 0 Å². The summed E-state index contributed by atoms with van der Waals surface area (Å²) < 4.78 is 0. The van der Waals surface area contributed by atoms with E-state index in [0.29, 0.717) is 28.7 Å². The van der Waals surface area contributed by atoms with Crippen molar-refractivity contribution in [3.8, 4) is 0 Å². The minimum atomic E-state index is -0.753. The van der Waals surface area contributed by atoms with Crippen LogP contribution in [0.15, 0.2) is 28.4 Å². The van der Waals surface area contributed by atoms with Gasteiger partial charge in [0.25, 0.3) is 0 Å². The largest absolute Gasteiger partial charge is 0.387 e. The van der Waals surface area contributed by atoms with Crippen LogP contribution in [0.4, 0.5) is 0 Å². The summed E-state index contributed by atoms with van der Waals surface area (Å²) in [6.45, 7) is 0.798. The molecule has 1 aromatic carbocycles. The fraction of sp³-hybridized carbons (Fsp3) is 0.250. The lowest BCUT2D eigenvalue weighted by Crippen LogP contribution is -2.21. The van der Waals surface area contributed by atoms with Gasteiger partial charge in [-0.15, -0.1) is 0 Å². The summed E-state index contributed by atoms with van der Waals surface area (Å²) >= 11 is 13.0. The predicted octanol–water partition coefficient (Wildman–Crippen LogP) is 2.57. The Morgan fingerprint density at radius 3 is 2.89 bits per heavy atom. The smallest absolute Gasteiger partial charge is 0.304 e. The van der Waals surface area contributed by atoms with E-state index in [1.807, 2.05) is 0 Å². The van der Waals surface area contributed by atoms with Crippen molar-refractivity contribution in [2.75, 3.05) is 6.54 Å². The van der Waals surface area contributed by atoms with Crippen molar-refractivity contribution < 1.29 is 5.11 Å². The van der Waals surface area contributed by atoms with Crippen molar-refractivity contribution in [1.82, 2.24) is 10.3 Å². The Labute approximate surface area is 124 Å². The molecule has 0 spiro atoms. The quantitative estimate of drug-likeness (QED) is 0.793. The van der Waals surface area contributed by atoms with E-state index in [9.17, 15) is 9.90 Å². The molecule has 0 aliphatic rings. The average Bonchev–Trinajstić information content (AvgIpc) is 2.78. The fourth-order valence-electron chi connectivity index (χ4n) is 1.62.